The molecule has 3 aromatic carbocycles. The van der Waals surface area contributed by atoms with E-state index in [-0.39, 0.29) is 17.9 Å². The number of ether oxygens (including phenoxy) is 1. The van der Waals surface area contributed by atoms with Crippen molar-refractivity contribution in [3.05, 3.63) is 95.1 Å². The molecule has 1 aromatic heterocycles. The normalized spacial score (nSPS) is 14.7. The first-order chi connectivity index (χ1) is 16.1. The van der Waals surface area contributed by atoms with Crippen molar-refractivity contribution in [2.24, 2.45) is 0 Å². The highest BCUT2D eigenvalue weighted by Gasteiger charge is 2.31. The SMILES string of the molecule is Cc1ccc(C)c2sc(OC3CCN(C(=O)C(c4ccccc4)c4ccccc4)CC3)nc12. The standard InChI is InChI=1S/C28H28N2O2S/c1-19-13-14-20(2)26-25(19)29-28(33-26)32-23-15-17-30(18-16-23)27(31)24(21-9-5-3-6-10-21)22-11-7-4-8-12-22/h3-14,23-24H,15-18H2,1-2H3. The molecule has 5 rings (SSSR count). The topological polar surface area (TPSA) is 42.4 Å². The van der Waals surface area contributed by atoms with E-state index in [1.54, 1.807) is 11.3 Å². The molecular weight excluding hydrogens is 428 g/mol. The Morgan fingerprint density at radius 2 is 1.48 bits per heavy atom. The minimum Gasteiger partial charge on any atom is -0.467 e. The first kappa shape index (κ1) is 21.7. The third-order valence-corrected chi connectivity index (χ3v) is 7.54. The van der Waals surface area contributed by atoms with Crippen molar-refractivity contribution in [2.45, 2.75) is 38.7 Å². The number of fused-ring (bicyclic) bond motifs is 1. The fourth-order valence-corrected chi connectivity index (χ4v) is 5.61. The minimum absolute atomic E-state index is 0.0853. The summed E-state index contributed by atoms with van der Waals surface area (Å²) in [7, 11) is 0. The molecule has 4 aromatic rings. The second-order valence-corrected chi connectivity index (χ2v) is 9.72. The second-order valence-electron chi connectivity index (χ2n) is 8.75. The number of aryl methyl sites for hydroxylation is 2. The van der Waals surface area contributed by atoms with Crippen molar-refractivity contribution in [1.29, 1.82) is 0 Å². The molecule has 0 bridgehead atoms. The van der Waals surface area contributed by atoms with Gasteiger partial charge in [-0.25, -0.2) is 4.98 Å². The van der Waals surface area contributed by atoms with Crippen LogP contribution in [0.1, 0.15) is 41.0 Å². The lowest BCUT2D eigenvalue weighted by Gasteiger charge is -2.34. The van der Waals surface area contributed by atoms with Crippen LogP contribution >= 0.6 is 11.3 Å². The molecule has 168 valence electrons. The average molecular weight is 457 g/mol. The molecule has 33 heavy (non-hydrogen) atoms. The predicted molar refractivity (Wildman–Crippen MR) is 134 cm³/mol. The summed E-state index contributed by atoms with van der Waals surface area (Å²) in [6.45, 7) is 5.60. The van der Waals surface area contributed by atoms with E-state index < -0.39 is 0 Å². The van der Waals surface area contributed by atoms with Crippen molar-refractivity contribution < 1.29 is 9.53 Å². The van der Waals surface area contributed by atoms with Gasteiger partial charge in [0.1, 0.15) is 6.10 Å². The maximum absolute atomic E-state index is 13.6. The van der Waals surface area contributed by atoms with E-state index in [1.165, 1.54) is 15.8 Å². The van der Waals surface area contributed by atoms with E-state index in [1.807, 2.05) is 65.6 Å². The summed E-state index contributed by atoms with van der Waals surface area (Å²) >= 11 is 1.62. The van der Waals surface area contributed by atoms with Crippen molar-refractivity contribution in [3.8, 4) is 5.19 Å². The molecule has 0 N–H and O–H groups in total. The van der Waals surface area contributed by atoms with Gasteiger partial charge in [0.25, 0.3) is 5.19 Å². The molecule has 2 heterocycles. The van der Waals surface area contributed by atoms with Gasteiger partial charge in [0.2, 0.25) is 5.91 Å². The van der Waals surface area contributed by atoms with Gasteiger partial charge in [0.05, 0.1) is 16.1 Å². The molecule has 0 saturated carbocycles. The van der Waals surface area contributed by atoms with Crippen LogP contribution in [0.4, 0.5) is 0 Å². The summed E-state index contributed by atoms with van der Waals surface area (Å²) in [4.78, 5) is 20.4. The van der Waals surface area contributed by atoms with Crippen LogP contribution in [-0.4, -0.2) is 35.0 Å². The second kappa shape index (κ2) is 9.36. The number of hydrogen-bond acceptors (Lipinski definition) is 4. The third-order valence-electron chi connectivity index (χ3n) is 6.46. The van der Waals surface area contributed by atoms with Gasteiger partial charge in [-0.1, -0.05) is 84.1 Å². The number of amides is 1. The Morgan fingerprint density at radius 3 is 2.06 bits per heavy atom. The van der Waals surface area contributed by atoms with Crippen LogP contribution in [0.5, 0.6) is 5.19 Å². The number of thiazole rings is 1. The van der Waals surface area contributed by atoms with Crippen molar-refractivity contribution >= 4 is 27.5 Å². The van der Waals surface area contributed by atoms with Gasteiger partial charge in [-0.15, -0.1) is 0 Å². The van der Waals surface area contributed by atoms with Gasteiger partial charge in [0.15, 0.2) is 0 Å². The highest BCUT2D eigenvalue weighted by Crippen LogP contribution is 2.34. The Bertz CT molecular complexity index is 1170. The Kier molecular flexibility index (Phi) is 6.14. The van der Waals surface area contributed by atoms with Gasteiger partial charge in [-0.2, -0.15) is 0 Å². The molecule has 5 heteroatoms. The molecule has 4 nitrogen and oxygen atoms in total. The molecule has 1 fully saturated rings. The molecule has 1 aliphatic rings. The van der Waals surface area contributed by atoms with Crippen molar-refractivity contribution in [2.75, 3.05) is 13.1 Å². The van der Waals surface area contributed by atoms with Gasteiger partial charge >= 0.3 is 0 Å². The van der Waals surface area contributed by atoms with E-state index >= 15 is 0 Å². The summed E-state index contributed by atoms with van der Waals surface area (Å²) in [5.41, 5.74) is 5.52. The van der Waals surface area contributed by atoms with E-state index in [2.05, 4.69) is 26.0 Å². The number of carbonyl (C=O) groups excluding carboxylic acids is 1. The minimum atomic E-state index is -0.278. The molecule has 1 aliphatic heterocycles. The maximum Gasteiger partial charge on any atom is 0.274 e. The lowest BCUT2D eigenvalue weighted by Crippen LogP contribution is -2.44. The number of piperidine rings is 1. The Balaban J connectivity index is 1.28. The van der Waals surface area contributed by atoms with E-state index in [0.29, 0.717) is 13.1 Å². The first-order valence-electron chi connectivity index (χ1n) is 11.5. The summed E-state index contributed by atoms with van der Waals surface area (Å²) in [6.07, 6.45) is 1.72. The summed E-state index contributed by atoms with van der Waals surface area (Å²) < 4.78 is 7.48. The van der Waals surface area contributed by atoms with Crippen LogP contribution in [0.15, 0.2) is 72.8 Å². The number of hydrogen-bond donors (Lipinski definition) is 0. The fourth-order valence-electron chi connectivity index (χ4n) is 4.58. The largest absolute Gasteiger partial charge is 0.467 e. The summed E-state index contributed by atoms with van der Waals surface area (Å²) in [5.74, 6) is -0.114. The number of aromatic nitrogens is 1. The molecule has 0 unspecified atom stereocenters. The Hall–Kier alpha value is -3.18. The molecular formula is C28H28N2O2S. The Labute approximate surface area is 198 Å². The van der Waals surface area contributed by atoms with Crippen LogP contribution in [-0.2, 0) is 4.79 Å². The number of rotatable bonds is 5. The van der Waals surface area contributed by atoms with Gasteiger partial charge < -0.3 is 9.64 Å². The predicted octanol–water partition coefficient (Wildman–Crippen LogP) is 6.12. The zero-order valence-electron chi connectivity index (χ0n) is 19.0. The number of carbonyl (C=O) groups is 1. The number of likely N-dealkylation sites (tertiary alicyclic amines) is 1. The fraction of sp³-hybridized carbons (Fsp3) is 0.286. The van der Waals surface area contributed by atoms with Crippen LogP contribution in [0.25, 0.3) is 10.2 Å². The highest BCUT2D eigenvalue weighted by atomic mass is 32.1. The van der Waals surface area contributed by atoms with Crippen LogP contribution in [0.3, 0.4) is 0 Å². The van der Waals surface area contributed by atoms with Gasteiger partial charge in [-0.3, -0.25) is 4.79 Å². The quantitative estimate of drug-likeness (QED) is 0.364. The molecule has 1 saturated heterocycles. The van der Waals surface area contributed by atoms with Gasteiger partial charge in [-0.05, 0) is 36.1 Å². The van der Waals surface area contributed by atoms with E-state index in [9.17, 15) is 4.79 Å². The molecule has 0 spiro atoms. The van der Waals surface area contributed by atoms with Crippen molar-refractivity contribution in [3.63, 3.8) is 0 Å². The number of nitrogens with zero attached hydrogens (tertiary/aromatic N) is 2. The first-order valence-corrected chi connectivity index (χ1v) is 12.3. The van der Waals surface area contributed by atoms with Crippen molar-refractivity contribution in [1.82, 2.24) is 9.88 Å². The Morgan fingerprint density at radius 1 is 0.909 bits per heavy atom. The maximum atomic E-state index is 13.6. The monoisotopic (exact) mass is 456 g/mol. The van der Waals surface area contributed by atoms with E-state index in [4.69, 9.17) is 9.72 Å². The zero-order valence-corrected chi connectivity index (χ0v) is 19.8. The molecule has 0 radical (unpaired) electrons. The third kappa shape index (κ3) is 4.51. The van der Waals surface area contributed by atoms with E-state index in [0.717, 1.165) is 34.7 Å². The smallest absolute Gasteiger partial charge is 0.274 e. The highest BCUT2D eigenvalue weighted by molar-refractivity contribution is 7.20. The summed E-state index contributed by atoms with van der Waals surface area (Å²) in [5, 5.41) is 0.735. The van der Waals surface area contributed by atoms with Crippen LogP contribution < -0.4 is 4.74 Å². The van der Waals surface area contributed by atoms with Gasteiger partial charge in [0, 0.05) is 25.9 Å². The molecule has 0 aliphatic carbocycles. The average Bonchev–Trinajstić information content (AvgIpc) is 3.29. The van der Waals surface area contributed by atoms with Crippen LogP contribution in [0, 0.1) is 13.8 Å². The summed E-state index contributed by atoms with van der Waals surface area (Å²) in [6, 6.07) is 24.4. The molecule has 0 atom stereocenters. The number of benzene rings is 3. The van der Waals surface area contributed by atoms with Crippen LogP contribution in [0.2, 0.25) is 0 Å². The lowest BCUT2D eigenvalue weighted by atomic mass is 9.89. The lowest BCUT2D eigenvalue weighted by molar-refractivity contribution is -0.133. The molecule has 1 amide bonds. The zero-order chi connectivity index (χ0) is 22.8.